The van der Waals surface area contributed by atoms with Crippen LogP contribution in [-0.4, -0.2) is 18.5 Å². The van der Waals surface area contributed by atoms with Crippen molar-refractivity contribution < 1.29 is 9.53 Å². The van der Waals surface area contributed by atoms with Gasteiger partial charge in [0, 0.05) is 38.5 Å². The fraction of sp³-hybridized carbons (Fsp3) is 0.438. The molecule has 1 aliphatic rings. The molecule has 0 amide bonds. The lowest BCUT2D eigenvalue weighted by atomic mass is 10.00. The molecule has 0 radical (unpaired) electrons. The highest BCUT2D eigenvalue weighted by molar-refractivity contribution is 9.10. The predicted molar refractivity (Wildman–Crippen MR) is 86.7 cm³/mol. The lowest BCUT2D eigenvalue weighted by Gasteiger charge is -2.22. The Bertz CT molecular complexity index is 614. The van der Waals surface area contributed by atoms with Crippen LogP contribution in [-0.2, 0) is 4.74 Å². The SMILES string of the molecule is O=C(CCC1CCCCO1)c1csc2c(Br)cccc12. The first-order valence-electron chi connectivity index (χ1n) is 7.06. The summed E-state index contributed by atoms with van der Waals surface area (Å²) >= 11 is 5.17. The van der Waals surface area contributed by atoms with Crippen molar-refractivity contribution in [1.82, 2.24) is 0 Å². The molecule has 1 aromatic heterocycles. The molecule has 20 heavy (non-hydrogen) atoms. The molecule has 0 aliphatic carbocycles. The van der Waals surface area contributed by atoms with Gasteiger partial charge in [-0.2, -0.15) is 0 Å². The van der Waals surface area contributed by atoms with E-state index in [1.807, 2.05) is 23.6 Å². The third-order valence-electron chi connectivity index (χ3n) is 3.82. The van der Waals surface area contributed by atoms with Crippen LogP contribution in [0.15, 0.2) is 28.1 Å². The first kappa shape index (κ1) is 14.2. The molecule has 1 saturated heterocycles. The smallest absolute Gasteiger partial charge is 0.164 e. The normalized spacial score (nSPS) is 19.4. The second-order valence-corrected chi connectivity index (χ2v) is 6.95. The first-order valence-corrected chi connectivity index (χ1v) is 8.73. The van der Waals surface area contributed by atoms with Crippen LogP contribution in [0.1, 0.15) is 42.5 Å². The minimum absolute atomic E-state index is 0.239. The highest BCUT2D eigenvalue weighted by Gasteiger charge is 2.18. The highest BCUT2D eigenvalue weighted by Crippen LogP contribution is 2.33. The number of thiophene rings is 1. The zero-order chi connectivity index (χ0) is 13.9. The maximum Gasteiger partial charge on any atom is 0.164 e. The summed E-state index contributed by atoms with van der Waals surface area (Å²) in [5.74, 6) is 0.239. The molecular formula is C16H17BrO2S. The summed E-state index contributed by atoms with van der Waals surface area (Å²) in [5, 5.41) is 3.05. The average molecular weight is 353 g/mol. The maximum atomic E-state index is 12.4. The summed E-state index contributed by atoms with van der Waals surface area (Å²) in [6, 6.07) is 6.03. The summed E-state index contributed by atoms with van der Waals surface area (Å²) < 4.78 is 7.92. The molecule has 2 aromatic rings. The van der Waals surface area contributed by atoms with Crippen molar-refractivity contribution in [3.8, 4) is 0 Å². The molecule has 1 fully saturated rings. The van der Waals surface area contributed by atoms with E-state index in [4.69, 9.17) is 4.74 Å². The number of carbonyl (C=O) groups excluding carboxylic acids is 1. The van der Waals surface area contributed by atoms with E-state index in [0.29, 0.717) is 6.42 Å². The van der Waals surface area contributed by atoms with E-state index in [9.17, 15) is 4.79 Å². The number of fused-ring (bicyclic) bond motifs is 1. The first-order chi connectivity index (χ1) is 9.75. The Morgan fingerprint density at radius 1 is 1.40 bits per heavy atom. The fourth-order valence-corrected chi connectivity index (χ4v) is 4.33. The van der Waals surface area contributed by atoms with Crippen LogP contribution in [0.25, 0.3) is 10.1 Å². The number of Topliss-reactive ketones (excluding diaryl/α,β-unsaturated/α-hetero) is 1. The Labute approximate surface area is 131 Å². The molecule has 0 N–H and O–H groups in total. The van der Waals surface area contributed by atoms with Crippen LogP contribution >= 0.6 is 27.3 Å². The standard InChI is InChI=1S/C16H17BrO2S/c17-14-6-3-5-12-13(10-20-16(12)14)15(18)8-7-11-4-1-2-9-19-11/h3,5-6,10-11H,1-2,4,7-9H2. The maximum absolute atomic E-state index is 12.4. The van der Waals surface area contributed by atoms with E-state index in [2.05, 4.69) is 15.9 Å². The summed E-state index contributed by atoms with van der Waals surface area (Å²) in [6.45, 7) is 0.854. The van der Waals surface area contributed by atoms with Gasteiger partial charge in [-0.25, -0.2) is 0 Å². The third-order valence-corrected chi connectivity index (χ3v) is 5.77. The molecule has 0 saturated carbocycles. The number of halogens is 1. The van der Waals surface area contributed by atoms with E-state index >= 15 is 0 Å². The van der Waals surface area contributed by atoms with Crippen molar-refractivity contribution in [3.05, 3.63) is 33.6 Å². The highest BCUT2D eigenvalue weighted by atomic mass is 79.9. The predicted octanol–water partition coefficient (Wildman–Crippen LogP) is 5.20. The number of hydrogen-bond acceptors (Lipinski definition) is 3. The van der Waals surface area contributed by atoms with Crippen molar-refractivity contribution in [1.29, 1.82) is 0 Å². The Morgan fingerprint density at radius 2 is 2.30 bits per heavy atom. The average Bonchev–Trinajstić information content (AvgIpc) is 2.91. The summed E-state index contributed by atoms with van der Waals surface area (Å²) in [4.78, 5) is 12.4. The van der Waals surface area contributed by atoms with Gasteiger partial charge in [0.25, 0.3) is 0 Å². The van der Waals surface area contributed by atoms with E-state index in [-0.39, 0.29) is 11.9 Å². The topological polar surface area (TPSA) is 26.3 Å². The van der Waals surface area contributed by atoms with Crippen molar-refractivity contribution in [2.75, 3.05) is 6.61 Å². The van der Waals surface area contributed by atoms with Gasteiger partial charge in [0.15, 0.2) is 5.78 Å². The summed E-state index contributed by atoms with van der Waals surface area (Å²) in [6.07, 6.45) is 5.21. The molecule has 1 unspecified atom stereocenters. The molecule has 1 aliphatic heterocycles. The van der Waals surface area contributed by atoms with Crippen LogP contribution in [0.5, 0.6) is 0 Å². The van der Waals surface area contributed by atoms with E-state index in [1.54, 1.807) is 11.3 Å². The van der Waals surface area contributed by atoms with Crippen molar-refractivity contribution >= 4 is 43.1 Å². The lowest BCUT2D eigenvalue weighted by Crippen LogP contribution is -2.19. The van der Waals surface area contributed by atoms with Gasteiger partial charge in [-0.05, 0) is 47.7 Å². The molecule has 0 bridgehead atoms. The van der Waals surface area contributed by atoms with Crippen molar-refractivity contribution in [2.24, 2.45) is 0 Å². The number of ether oxygens (including phenoxy) is 1. The van der Waals surface area contributed by atoms with E-state index in [0.717, 1.165) is 46.0 Å². The van der Waals surface area contributed by atoms with Crippen LogP contribution in [0.2, 0.25) is 0 Å². The van der Waals surface area contributed by atoms with Crippen molar-refractivity contribution in [2.45, 2.75) is 38.2 Å². The van der Waals surface area contributed by atoms with E-state index < -0.39 is 0 Å². The molecule has 4 heteroatoms. The minimum Gasteiger partial charge on any atom is -0.378 e. The summed E-state index contributed by atoms with van der Waals surface area (Å²) in [7, 11) is 0. The van der Waals surface area contributed by atoms with E-state index in [1.165, 1.54) is 6.42 Å². The largest absolute Gasteiger partial charge is 0.378 e. The lowest BCUT2D eigenvalue weighted by molar-refractivity contribution is 0.0104. The molecule has 2 nitrogen and oxygen atoms in total. The molecule has 3 rings (SSSR count). The molecule has 1 aromatic carbocycles. The quantitative estimate of drug-likeness (QED) is 0.707. The number of ketones is 1. The van der Waals surface area contributed by atoms with Crippen LogP contribution < -0.4 is 0 Å². The zero-order valence-electron chi connectivity index (χ0n) is 11.2. The molecule has 106 valence electrons. The van der Waals surface area contributed by atoms with Crippen LogP contribution in [0.3, 0.4) is 0 Å². The molecule has 1 atom stereocenters. The van der Waals surface area contributed by atoms with Gasteiger partial charge in [0.1, 0.15) is 0 Å². The second-order valence-electron chi connectivity index (χ2n) is 5.22. The summed E-state index contributed by atoms with van der Waals surface area (Å²) in [5.41, 5.74) is 0.863. The van der Waals surface area contributed by atoms with Gasteiger partial charge in [0.05, 0.1) is 6.10 Å². The number of carbonyl (C=O) groups is 1. The minimum atomic E-state index is 0.239. The van der Waals surface area contributed by atoms with Gasteiger partial charge in [0.2, 0.25) is 0 Å². The van der Waals surface area contributed by atoms with Crippen LogP contribution in [0.4, 0.5) is 0 Å². The van der Waals surface area contributed by atoms with Gasteiger partial charge in [-0.1, -0.05) is 12.1 Å². The van der Waals surface area contributed by atoms with Gasteiger partial charge >= 0.3 is 0 Å². The fourth-order valence-electron chi connectivity index (χ4n) is 2.70. The Hall–Kier alpha value is -0.710. The van der Waals surface area contributed by atoms with Gasteiger partial charge < -0.3 is 4.74 Å². The third kappa shape index (κ3) is 2.97. The molecule has 2 heterocycles. The molecule has 0 spiro atoms. The monoisotopic (exact) mass is 352 g/mol. The number of hydrogen-bond donors (Lipinski definition) is 0. The van der Waals surface area contributed by atoms with Crippen molar-refractivity contribution in [3.63, 3.8) is 0 Å². The molecular weight excluding hydrogens is 336 g/mol. The van der Waals surface area contributed by atoms with Crippen LogP contribution in [0, 0.1) is 0 Å². The Morgan fingerprint density at radius 3 is 3.10 bits per heavy atom. The van der Waals surface area contributed by atoms with Gasteiger partial charge in [-0.15, -0.1) is 11.3 Å². The Kier molecular flexibility index (Phi) is 4.54. The van der Waals surface area contributed by atoms with Gasteiger partial charge in [-0.3, -0.25) is 4.79 Å². The number of rotatable bonds is 4. The second kappa shape index (κ2) is 6.37. The Balaban J connectivity index is 1.71. The number of benzene rings is 1. The zero-order valence-corrected chi connectivity index (χ0v) is 13.6.